The molecule has 0 saturated carbocycles. The van der Waals surface area contributed by atoms with Gasteiger partial charge in [0.1, 0.15) is 0 Å². The third kappa shape index (κ3) is 5.13. The number of hydrogen-bond donors (Lipinski definition) is 2. The zero-order valence-corrected chi connectivity index (χ0v) is 12.7. The summed E-state index contributed by atoms with van der Waals surface area (Å²) in [4.78, 5) is 28.4. The Balaban J connectivity index is 2.00. The summed E-state index contributed by atoms with van der Waals surface area (Å²) in [5, 5.41) is 2.34. The van der Waals surface area contributed by atoms with Gasteiger partial charge in [-0.05, 0) is 19.1 Å². The van der Waals surface area contributed by atoms with Gasteiger partial charge in [0.15, 0.2) is 10.9 Å². The number of hydrogen-bond acceptors (Lipinski definition) is 4. The number of alkyl halides is 3. The number of carbonyl (C=O) groups is 1. The molecular formula is C14H12F3N3O2S. The van der Waals surface area contributed by atoms with Gasteiger partial charge in [-0.2, -0.15) is 13.2 Å². The first-order valence-electron chi connectivity index (χ1n) is 6.42. The quantitative estimate of drug-likeness (QED) is 0.661. The van der Waals surface area contributed by atoms with Crippen molar-refractivity contribution < 1.29 is 18.0 Å². The van der Waals surface area contributed by atoms with E-state index in [9.17, 15) is 22.8 Å². The first kappa shape index (κ1) is 17.1. The predicted octanol–water partition coefficient (Wildman–Crippen LogP) is 2.83. The fraction of sp³-hybridized carbons (Fsp3) is 0.214. The van der Waals surface area contributed by atoms with E-state index in [1.165, 1.54) is 0 Å². The van der Waals surface area contributed by atoms with Crippen LogP contribution in [0.1, 0.15) is 11.3 Å². The molecule has 1 amide bonds. The van der Waals surface area contributed by atoms with Crippen LogP contribution in [-0.4, -0.2) is 21.6 Å². The van der Waals surface area contributed by atoms with Gasteiger partial charge in [0.05, 0.1) is 5.75 Å². The largest absolute Gasteiger partial charge is 0.433 e. The van der Waals surface area contributed by atoms with Crippen LogP contribution in [-0.2, 0) is 11.0 Å². The SMILES string of the molecule is Cc1ccc(NC(=O)CSc2nc(C(F)(F)F)cc(=O)[nH]2)cc1. The zero-order chi connectivity index (χ0) is 17.0. The molecule has 2 rings (SSSR count). The minimum absolute atomic E-state index is 0.182. The number of carbonyl (C=O) groups excluding carboxylic acids is 1. The maximum absolute atomic E-state index is 12.6. The Morgan fingerprint density at radius 3 is 2.57 bits per heavy atom. The third-order valence-electron chi connectivity index (χ3n) is 2.69. The Labute approximate surface area is 133 Å². The second-order valence-corrected chi connectivity index (χ2v) is 5.60. The summed E-state index contributed by atoms with van der Waals surface area (Å²) < 4.78 is 37.7. The van der Waals surface area contributed by atoms with Crippen molar-refractivity contribution in [2.75, 3.05) is 11.1 Å². The number of nitrogens with zero attached hydrogens (tertiary/aromatic N) is 1. The Morgan fingerprint density at radius 2 is 1.96 bits per heavy atom. The molecule has 0 aliphatic carbocycles. The van der Waals surface area contributed by atoms with Gasteiger partial charge in [0.25, 0.3) is 5.56 Å². The number of aromatic nitrogens is 2. The molecule has 2 aromatic rings. The van der Waals surface area contributed by atoms with Crippen LogP contribution in [0.15, 0.2) is 40.3 Å². The monoisotopic (exact) mass is 343 g/mol. The smallest absolute Gasteiger partial charge is 0.325 e. The highest BCUT2D eigenvalue weighted by Gasteiger charge is 2.33. The van der Waals surface area contributed by atoms with Crippen LogP contribution in [0.25, 0.3) is 0 Å². The van der Waals surface area contributed by atoms with Crippen LogP contribution in [0.5, 0.6) is 0 Å². The Morgan fingerprint density at radius 1 is 1.30 bits per heavy atom. The fourth-order valence-corrected chi connectivity index (χ4v) is 2.29. The number of anilines is 1. The van der Waals surface area contributed by atoms with E-state index in [0.717, 1.165) is 5.56 Å². The summed E-state index contributed by atoms with van der Waals surface area (Å²) in [5.41, 5.74) is -0.605. The number of nitrogens with one attached hydrogen (secondary N) is 2. The van der Waals surface area contributed by atoms with Crippen LogP contribution >= 0.6 is 11.8 Å². The highest BCUT2D eigenvalue weighted by molar-refractivity contribution is 7.99. The maximum Gasteiger partial charge on any atom is 0.433 e. The second kappa shape index (κ2) is 6.86. The van der Waals surface area contributed by atoms with E-state index in [1.807, 2.05) is 19.1 Å². The molecule has 0 saturated heterocycles. The number of halogens is 3. The number of aryl methyl sites for hydroxylation is 1. The first-order chi connectivity index (χ1) is 10.7. The van der Waals surface area contributed by atoms with E-state index in [1.54, 1.807) is 12.1 Å². The molecule has 0 bridgehead atoms. The molecule has 122 valence electrons. The molecular weight excluding hydrogens is 331 g/mol. The molecule has 1 aromatic heterocycles. The molecule has 23 heavy (non-hydrogen) atoms. The van der Waals surface area contributed by atoms with Gasteiger partial charge in [-0.15, -0.1) is 0 Å². The molecule has 5 nitrogen and oxygen atoms in total. The van der Waals surface area contributed by atoms with Crippen molar-refractivity contribution in [3.63, 3.8) is 0 Å². The highest BCUT2D eigenvalue weighted by atomic mass is 32.2. The number of amides is 1. The van der Waals surface area contributed by atoms with Crippen LogP contribution < -0.4 is 10.9 Å². The molecule has 1 heterocycles. The Kier molecular flexibility index (Phi) is 5.09. The molecule has 0 aliphatic heterocycles. The van der Waals surface area contributed by atoms with E-state index in [2.05, 4.69) is 15.3 Å². The highest BCUT2D eigenvalue weighted by Crippen LogP contribution is 2.27. The standard InChI is InChI=1S/C14H12F3N3O2S/c1-8-2-4-9(5-3-8)18-12(22)7-23-13-19-10(14(15,16)17)6-11(21)20-13/h2-6H,7H2,1H3,(H,18,22)(H,19,20,21). The summed E-state index contributed by atoms with van der Waals surface area (Å²) in [6.45, 7) is 1.90. The fourth-order valence-electron chi connectivity index (χ4n) is 1.62. The van der Waals surface area contributed by atoms with Crippen LogP contribution in [0, 0.1) is 6.92 Å². The van der Waals surface area contributed by atoms with Gasteiger partial charge in [0.2, 0.25) is 5.91 Å². The van der Waals surface area contributed by atoms with Gasteiger partial charge in [-0.3, -0.25) is 9.59 Å². The summed E-state index contributed by atoms with van der Waals surface area (Å²) in [6, 6.07) is 7.42. The summed E-state index contributed by atoms with van der Waals surface area (Å²) in [7, 11) is 0. The van der Waals surface area contributed by atoms with E-state index in [4.69, 9.17) is 0 Å². The van der Waals surface area contributed by atoms with E-state index in [-0.39, 0.29) is 10.9 Å². The topological polar surface area (TPSA) is 74.8 Å². The Bertz CT molecular complexity index is 757. The molecule has 0 spiro atoms. The molecule has 0 aliphatic rings. The maximum atomic E-state index is 12.6. The van der Waals surface area contributed by atoms with Gasteiger partial charge < -0.3 is 10.3 Å². The number of thioether (sulfide) groups is 1. The molecule has 0 radical (unpaired) electrons. The lowest BCUT2D eigenvalue weighted by atomic mass is 10.2. The van der Waals surface area contributed by atoms with Crippen LogP contribution in [0.4, 0.5) is 18.9 Å². The molecule has 0 unspecified atom stereocenters. The van der Waals surface area contributed by atoms with Crippen molar-refractivity contribution in [2.45, 2.75) is 18.3 Å². The lowest BCUT2D eigenvalue weighted by Gasteiger charge is -2.07. The van der Waals surface area contributed by atoms with E-state index < -0.39 is 23.3 Å². The van der Waals surface area contributed by atoms with Crippen molar-refractivity contribution in [3.8, 4) is 0 Å². The van der Waals surface area contributed by atoms with Crippen LogP contribution in [0.3, 0.4) is 0 Å². The lowest BCUT2D eigenvalue weighted by molar-refractivity contribution is -0.141. The Hall–Kier alpha value is -2.29. The summed E-state index contributed by atoms with van der Waals surface area (Å²) in [6.07, 6.45) is -4.71. The molecule has 0 atom stereocenters. The van der Waals surface area contributed by atoms with Gasteiger partial charge in [0, 0.05) is 11.8 Å². The van der Waals surface area contributed by atoms with Crippen molar-refractivity contribution in [2.24, 2.45) is 0 Å². The zero-order valence-electron chi connectivity index (χ0n) is 11.9. The lowest BCUT2D eigenvalue weighted by Crippen LogP contribution is -2.18. The minimum Gasteiger partial charge on any atom is -0.325 e. The second-order valence-electron chi connectivity index (χ2n) is 4.64. The first-order valence-corrected chi connectivity index (χ1v) is 7.40. The summed E-state index contributed by atoms with van der Waals surface area (Å²) in [5.74, 6) is -0.600. The number of aromatic amines is 1. The molecule has 2 N–H and O–H groups in total. The number of H-pyrrole nitrogens is 1. The molecule has 0 fully saturated rings. The van der Waals surface area contributed by atoms with E-state index >= 15 is 0 Å². The van der Waals surface area contributed by atoms with Crippen molar-refractivity contribution in [1.82, 2.24) is 9.97 Å². The van der Waals surface area contributed by atoms with Crippen LogP contribution in [0.2, 0.25) is 0 Å². The average Bonchev–Trinajstić information content (AvgIpc) is 2.46. The molecule has 9 heteroatoms. The van der Waals surface area contributed by atoms with Crippen molar-refractivity contribution in [3.05, 3.63) is 51.9 Å². The average molecular weight is 343 g/mol. The summed E-state index contributed by atoms with van der Waals surface area (Å²) >= 11 is 0.717. The third-order valence-corrected chi connectivity index (χ3v) is 3.56. The van der Waals surface area contributed by atoms with E-state index in [0.29, 0.717) is 23.5 Å². The number of benzene rings is 1. The molecule has 1 aromatic carbocycles. The number of rotatable bonds is 4. The normalized spacial score (nSPS) is 11.3. The van der Waals surface area contributed by atoms with Gasteiger partial charge in [-0.1, -0.05) is 29.5 Å². The minimum atomic E-state index is -4.71. The van der Waals surface area contributed by atoms with Crippen molar-refractivity contribution >= 4 is 23.4 Å². The van der Waals surface area contributed by atoms with Gasteiger partial charge in [-0.25, -0.2) is 4.98 Å². The van der Waals surface area contributed by atoms with Crippen molar-refractivity contribution in [1.29, 1.82) is 0 Å². The van der Waals surface area contributed by atoms with Gasteiger partial charge >= 0.3 is 6.18 Å². The predicted molar refractivity (Wildman–Crippen MR) is 80.4 cm³/mol.